The van der Waals surface area contributed by atoms with Crippen molar-refractivity contribution in [1.29, 1.82) is 0 Å². The number of allylic oxidation sites excluding steroid dienone is 1. The van der Waals surface area contributed by atoms with Crippen LogP contribution in [0.15, 0.2) is 25.3 Å². The fourth-order valence-corrected chi connectivity index (χ4v) is 1.79. The number of ether oxygens (including phenoxy) is 1. The SMILES string of the molecule is C=CCCCCC[C@@H]1O[C@@H]1CC#CC#C[C@@H](O)C=C. The van der Waals surface area contributed by atoms with E-state index in [1.807, 2.05) is 6.08 Å². The highest BCUT2D eigenvalue weighted by atomic mass is 16.6. The van der Waals surface area contributed by atoms with Gasteiger partial charge in [-0.05, 0) is 31.1 Å². The molecule has 1 saturated heterocycles. The van der Waals surface area contributed by atoms with Crippen molar-refractivity contribution in [3.05, 3.63) is 25.3 Å². The summed E-state index contributed by atoms with van der Waals surface area (Å²) in [5.74, 6) is 10.8. The standard InChI is InChI=1S/C17H22O2/c1-3-5-6-7-10-13-16-17(19-16)14-11-8-9-12-15(18)4-2/h3-4,15-18H,1-2,5-7,10,13-14H2/t15-,16-,17+/m0/s1. The summed E-state index contributed by atoms with van der Waals surface area (Å²) < 4.78 is 5.54. The van der Waals surface area contributed by atoms with Crippen LogP contribution in [0.5, 0.6) is 0 Å². The van der Waals surface area contributed by atoms with Crippen molar-refractivity contribution < 1.29 is 9.84 Å². The summed E-state index contributed by atoms with van der Waals surface area (Å²) in [6.45, 7) is 7.14. The molecule has 0 aliphatic carbocycles. The van der Waals surface area contributed by atoms with Gasteiger partial charge in [-0.2, -0.15) is 0 Å². The molecular weight excluding hydrogens is 236 g/mol. The van der Waals surface area contributed by atoms with Crippen molar-refractivity contribution in [3.63, 3.8) is 0 Å². The van der Waals surface area contributed by atoms with Gasteiger partial charge in [0.25, 0.3) is 0 Å². The summed E-state index contributed by atoms with van der Waals surface area (Å²) in [7, 11) is 0. The third-order valence-corrected chi connectivity index (χ3v) is 2.98. The van der Waals surface area contributed by atoms with Crippen LogP contribution in [0.2, 0.25) is 0 Å². The second kappa shape index (κ2) is 9.45. The van der Waals surface area contributed by atoms with E-state index in [9.17, 15) is 0 Å². The molecule has 0 aromatic heterocycles. The highest BCUT2D eigenvalue weighted by Crippen LogP contribution is 2.29. The van der Waals surface area contributed by atoms with Crippen LogP contribution in [0.3, 0.4) is 0 Å². The van der Waals surface area contributed by atoms with Gasteiger partial charge in [0.15, 0.2) is 0 Å². The first kappa shape index (κ1) is 15.6. The maximum atomic E-state index is 9.09. The Kier molecular flexibility index (Phi) is 7.75. The van der Waals surface area contributed by atoms with Crippen molar-refractivity contribution in [2.75, 3.05) is 0 Å². The van der Waals surface area contributed by atoms with Gasteiger partial charge < -0.3 is 9.84 Å². The molecule has 1 N–H and O–H groups in total. The predicted molar refractivity (Wildman–Crippen MR) is 78.3 cm³/mol. The van der Waals surface area contributed by atoms with E-state index in [1.54, 1.807) is 0 Å². The van der Waals surface area contributed by atoms with Gasteiger partial charge in [0.05, 0.1) is 12.2 Å². The van der Waals surface area contributed by atoms with E-state index in [1.165, 1.54) is 25.3 Å². The first-order chi connectivity index (χ1) is 9.27. The minimum atomic E-state index is -0.783. The van der Waals surface area contributed by atoms with Crippen LogP contribution in [-0.4, -0.2) is 23.4 Å². The molecule has 1 rings (SSSR count). The summed E-state index contributed by atoms with van der Waals surface area (Å²) in [4.78, 5) is 0. The molecule has 0 spiro atoms. The third-order valence-electron chi connectivity index (χ3n) is 2.98. The Morgan fingerprint density at radius 2 is 2.00 bits per heavy atom. The predicted octanol–water partition coefficient (Wildman–Crippen LogP) is 2.83. The van der Waals surface area contributed by atoms with Crippen LogP contribution in [0.25, 0.3) is 0 Å². The van der Waals surface area contributed by atoms with E-state index in [4.69, 9.17) is 9.84 Å². The number of hydrogen-bond donors (Lipinski definition) is 1. The minimum Gasteiger partial charge on any atom is -0.377 e. The van der Waals surface area contributed by atoms with Crippen molar-refractivity contribution in [2.24, 2.45) is 0 Å². The molecule has 3 atom stereocenters. The normalized spacial score (nSPS) is 21.3. The highest BCUT2D eigenvalue weighted by molar-refractivity contribution is 5.29. The van der Waals surface area contributed by atoms with Gasteiger partial charge in [0.1, 0.15) is 6.10 Å². The molecule has 102 valence electrons. The lowest BCUT2D eigenvalue weighted by Crippen LogP contribution is -1.94. The van der Waals surface area contributed by atoms with Crippen LogP contribution < -0.4 is 0 Å². The fourth-order valence-electron chi connectivity index (χ4n) is 1.79. The molecule has 1 aliphatic heterocycles. The molecule has 19 heavy (non-hydrogen) atoms. The van der Waals surface area contributed by atoms with Gasteiger partial charge >= 0.3 is 0 Å². The lowest BCUT2D eigenvalue weighted by molar-refractivity contribution is 0.281. The summed E-state index contributed by atoms with van der Waals surface area (Å²) >= 11 is 0. The summed E-state index contributed by atoms with van der Waals surface area (Å²) in [5, 5.41) is 9.09. The van der Waals surface area contributed by atoms with Crippen LogP contribution in [-0.2, 0) is 4.74 Å². The van der Waals surface area contributed by atoms with Crippen LogP contribution in [0.1, 0.15) is 38.5 Å². The van der Waals surface area contributed by atoms with E-state index in [0.717, 1.165) is 19.3 Å². The summed E-state index contributed by atoms with van der Waals surface area (Å²) in [5.41, 5.74) is 0. The summed E-state index contributed by atoms with van der Waals surface area (Å²) in [6, 6.07) is 0. The first-order valence-corrected chi connectivity index (χ1v) is 6.83. The third kappa shape index (κ3) is 7.52. The molecule has 2 nitrogen and oxygen atoms in total. The smallest absolute Gasteiger partial charge is 0.134 e. The second-order valence-electron chi connectivity index (χ2n) is 4.60. The Balaban J connectivity index is 2.04. The molecule has 0 aromatic carbocycles. The molecule has 0 bridgehead atoms. The number of aliphatic hydroxyl groups excluding tert-OH is 1. The quantitative estimate of drug-likeness (QED) is 0.314. The van der Waals surface area contributed by atoms with Gasteiger partial charge in [-0.3, -0.25) is 0 Å². The largest absolute Gasteiger partial charge is 0.377 e. The van der Waals surface area contributed by atoms with Crippen LogP contribution >= 0.6 is 0 Å². The fraction of sp³-hybridized carbons (Fsp3) is 0.529. The van der Waals surface area contributed by atoms with E-state index in [-0.39, 0.29) is 6.10 Å². The van der Waals surface area contributed by atoms with Crippen molar-refractivity contribution in [1.82, 2.24) is 0 Å². The van der Waals surface area contributed by atoms with Gasteiger partial charge in [0.2, 0.25) is 0 Å². The average Bonchev–Trinajstić information content (AvgIpc) is 3.16. The van der Waals surface area contributed by atoms with Crippen molar-refractivity contribution >= 4 is 0 Å². The highest BCUT2D eigenvalue weighted by Gasteiger charge is 2.36. The Morgan fingerprint density at radius 3 is 2.74 bits per heavy atom. The van der Waals surface area contributed by atoms with E-state index in [0.29, 0.717) is 6.10 Å². The van der Waals surface area contributed by atoms with Crippen LogP contribution in [0.4, 0.5) is 0 Å². The molecule has 1 aliphatic rings. The number of aliphatic hydroxyl groups is 1. The van der Waals surface area contributed by atoms with Gasteiger partial charge in [-0.25, -0.2) is 0 Å². The molecule has 0 aromatic rings. The molecule has 1 fully saturated rings. The monoisotopic (exact) mass is 258 g/mol. The van der Waals surface area contributed by atoms with E-state index in [2.05, 4.69) is 36.8 Å². The molecular formula is C17H22O2. The number of unbranched alkanes of at least 4 members (excludes halogenated alkanes) is 3. The molecule has 0 radical (unpaired) electrons. The zero-order chi connectivity index (χ0) is 13.9. The number of epoxide rings is 1. The molecule has 0 amide bonds. The first-order valence-electron chi connectivity index (χ1n) is 6.83. The zero-order valence-corrected chi connectivity index (χ0v) is 11.4. The van der Waals surface area contributed by atoms with Crippen molar-refractivity contribution in [2.45, 2.75) is 56.8 Å². The van der Waals surface area contributed by atoms with Gasteiger partial charge in [-0.1, -0.05) is 43.4 Å². The maximum absolute atomic E-state index is 9.09. The zero-order valence-electron chi connectivity index (χ0n) is 11.4. The molecule has 2 heteroatoms. The molecule has 0 unspecified atom stereocenters. The van der Waals surface area contributed by atoms with Crippen LogP contribution in [0, 0.1) is 23.7 Å². The average molecular weight is 258 g/mol. The molecule has 0 saturated carbocycles. The van der Waals surface area contributed by atoms with E-state index >= 15 is 0 Å². The minimum absolute atomic E-state index is 0.290. The Bertz CT molecular complexity index is 402. The lowest BCUT2D eigenvalue weighted by Gasteiger charge is -1.95. The lowest BCUT2D eigenvalue weighted by atomic mass is 10.1. The maximum Gasteiger partial charge on any atom is 0.134 e. The van der Waals surface area contributed by atoms with Crippen molar-refractivity contribution in [3.8, 4) is 23.7 Å². The molecule has 1 heterocycles. The second-order valence-corrected chi connectivity index (χ2v) is 4.60. The van der Waals surface area contributed by atoms with Gasteiger partial charge in [0, 0.05) is 6.42 Å². The Morgan fingerprint density at radius 1 is 1.16 bits per heavy atom. The summed E-state index contributed by atoms with van der Waals surface area (Å²) in [6.07, 6.45) is 9.90. The Labute approximate surface area is 116 Å². The number of rotatable bonds is 8. The van der Waals surface area contributed by atoms with Gasteiger partial charge in [-0.15, -0.1) is 6.58 Å². The Hall–Kier alpha value is -1.48. The topological polar surface area (TPSA) is 32.8 Å². The number of hydrogen-bond acceptors (Lipinski definition) is 2. The van der Waals surface area contributed by atoms with E-state index < -0.39 is 6.10 Å².